The SMILES string of the molecule is COC(=O)N1C=CC=CO1. The molecular formula is C6H7NO3. The first-order chi connectivity index (χ1) is 4.84. The van der Waals surface area contributed by atoms with Crippen LogP contribution in [0.5, 0.6) is 0 Å². The fraction of sp³-hybridized carbons (Fsp3) is 0.167. The molecule has 0 N–H and O–H groups in total. The van der Waals surface area contributed by atoms with Gasteiger partial charge in [0.2, 0.25) is 0 Å². The molecule has 0 aliphatic carbocycles. The third-order valence-corrected chi connectivity index (χ3v) is 0.940. The first-order valence-electron chi connectivity index (χ1n) is 2.72. The van der Waals surface area contributed by atoms with E-state index in [9.17, 15) is 4.79 Å². The molecule has 4 nitrogen and oxygen atoms in total. The highest BCUT2D eigenvalue weighted by Gasteiger charge is 2.10. The van der Waals surface area contributed by atoms with Gasteiger partial charge in [-0.2, -0.15) is 0 Å². The molecule has 0 saturated heterocycles. The molecule has 4 heteroatoms. The average molecular weight is 141 g/mol. The van der Waals surface area contributed by atoms with E-state index in [0.717, 1.165) is 5.06 Å². The highest BCUT2D eigenvalue weighted by atomic mass is 16.7. The van der Waals surface area contributed by atoms with Gasteiger partial charge in [0.05, 0.1) is 13.3 Å². The second-order valence-corrected chi connectivity index (χ2v) is 1.57. The standard InChI is InChI=1S/C6H7NO3/c1-9-6(8)7-4-2-3-5-10-7/h2-5H,1H3. The van der Waals surface area contributed by atoms with Crippen LogP contribution >= 0.6 is 0 Å². The third kappa shape index (κ3) is 1.28. The van der Waals surface area contributed by atoms with Crippen LogP contribution < -0.4 is 0 Å². The topological polar surface area (TPSA) is 38.8 Å². The van der Waals surface area contributed by atoms with Crippen molar-refractivity contribution in [3.05, 3.63) is 24.6 Å². The smallest absolute Gasteiger partial charge is 0.447 e. The van der Waals surface area contributed by atoms with Crippen molar-refractivity contribution in [3.8, 4) is 0 Å². The van der Waals surface area contributed by atoms with E-state index in [1.165, 1.54) is 19.6 Å². The molecule has 0 radical (unpaired) electrons. The summed E-state index contributed by atoms with van der Waals surface area (Å²) in [6.45, 7) is 0. The highest BCUT2D eigenvalue weighted by molar-refractivity contribution is 5.67. The van der Waals surface area contributed by atoms with Crippen molar-refractivity contribution in [1.82, 2.24) is 5.06 Å². The number of allylic oxidation sites excluding steroid dienone is 2. The van der Waals surface area contributed by atoms with Crippen LogP contribution in [0.1, 0.15) is 0 Å². The van der Waals surface area contributed by atoms with Crippen LogP contribution in [0.4, 0.5) is 4.79 Å². The Kier molecular flexibility index (Phi) is 1.94. The van der Waals surface area contributed by atoms with Crippen LogP contribution in [-0.4, -0.2) is 18.3 Å². The molecule has 0 bridgehead atoms. The number of amides is 1. The number of nitrogens with zero attached hydrogens (tertiary/aromatic N) is 1. The summed E-state index contributed by atoms with van der Waals surface area (Å²) in [7, 11) is 1.29. The number of carbonyl (C=O) groups is 1. The molecule has 0 aromatic carbocycles. The van der Waals surface area contributed by atoms with Crippen molar-refractivity contribution in [2.45, 2.75) is 0 Å². The number of hydrogen-bond donors (Lipinski definition) is 0. The molecule has 1 rings (SSSR count). The number of hydrogen-bond acceptors (Lipinski definition) is 3. The molecular weight excluding hydrogens is 134 g/mol. The van der Waals surface area contributed by atoms with Crippen LogP contribution in [0, 0.1) is 0 Å². The second-order valence-electron chi connectivity index (χ2n) is 1.57. The van der Waals surface area contributed by atoms with Crippen LogP contribution in [-0.2, 0) is 9.57 Å². The molecule has 0 fully saturated rings. The molecule has 1 amide bonds. The number of hydroxylamine groups is 2. The van der Waals surface area contributed by atoms with E-state index >= 15 is 0 Å². The van der Waals surface area contributed by atoms with Gasteiger partial charge in [0.15, 0.2) is 0 Å². The zero-order valence-electron chi connectivity index (χ0n) is 5.48. The molecule has 1 aliphatic rings. The van der Waals surface area contributed by atoms with Crippen molar-refractivity contribution in [3.63, 3.8) is 0 Å². The largest absolute Gasteiger partial charge is 0.450 e. The Balaban J connectivity index is 2.51. The molecule has 0 aromatic rings. The Morgan fingerprint density at radius 3 is 2.90 bits per heavy atom. The zero-order chi connectivity index (χ0) is 7.40. The van der Waals surface area contributed by atoms with E-state index in [0.29, 0.717) is 0 Å². The molecule has 1 aliphatic heterocycles. The van der Waals surface area contributed by atoms with E-state index in [4.69, 9.17) is 4.84 Å². The van der Waals surface area contributed by atoms with Crippen LogP contribution in [0.2, 0.25) is 0 Å². The summed E-state index contributed by atoms with van der Waals surface area (Å²) in [5.74, 6) is 0. The molecule has 0 aromatic heterocycles. The van der Waals surface area contributed by atoms with Crippen molar-refractivity contribution >= 4 is 6.09 Å². The van der Waals surface area contributed by atoms with Gasteiger partial charge in [0.1, 0.15) is 6.26 Å². The van der Waals surface area contributed by atoms with Gasteiger partial charge >= 0.3 is 6.09 Å². The van der Waals surface area contributed by atoms with Gasteiger partial charge < -0.3 is 9.57 Å². The fourth-order valence-electron chi connectivity index (χ4n) is 0.503. The Morgan fingerprint density at radius 1 is 1.60 bits per heavy atom. The monoisotopic (exact) mass is 141 g/mol. The van der Waals surface area contributed by atoms with Gasteiger partial charge in [-0.25, -0.2) is 4.79 Å². The summed E-state index contributed by atoms with van der Waals surface area (Å²) in [5.41, 5.74) is 0. The van der Waals surface area contributed by atoms with Crippen LogP contribution in [0.25, 0.3) is 0 Å². The summed E-state index contributed by atoms with van der Waals surface area (Å²) in [6.07, 6.45) is 5.64. The molecule has 1 heterocycles. The lowest BCUT2D eigenvalue weighted by Crippen LogP contribution is -2.24. The number of carbonyl (C=O) groups excluding carboxylic acids is 1. The molecule has 0 saturated carbocycles. The lowest BCUT2D eigenvalue weighted by molar-refractivity contribution is -0.0437. The van der Waals surface area contributed by atoms with E-state index in [2.05, 4.69) is 4.74 Å². The summed E-state index contributed by atoms with van der Waals surface area (Å²) >= 11 is 0. The molecule has 0 spiro atoms. The third-order valence-electron chi connectivity index (χ3n) is 0.940. The van der Waals surface area contributed by atoms with Gasteiger partial charge in [0, 0.05) is 0 Å². The van der Waals surface area contributed by atoms with Gasteiger partial charge in [-0.3, -0.25) is 0 Å². The van der Waals surface area contributed by atoms with Gasteiger partial charge in [-0.1, -0.05) is 0 Å². The summed E-state index contributed by atoms with van der Waals surface area (Å²) in [6, 6.07) is 0. The van der Waals surface area contributed by atoms with Gasteiger partial charge in [0.25, 0.3) is 0 Å². The predicted molar refractivity (Wildman–Crippen MR) is 33.6 cm³/mol. The van der Waals surface area contributed by atoms with E-state index < -0.39 is 6.09 Å². The first-order valence-corrected chi connectivity index (χ1v) is 2.72. The van der Waals surface area contributed by atoms with E-state index in [-0.39, 0.29) is 0 Å². The predicted octanol–water partition coefficient (Wildman–Crippen LogP) is 1.03. The minimum Gasteiger partial charge on any atom is -0.450 e. The van der Waals surface area contributed by atoms with E-state index in [1.54, 1.807) is 12.2 Å². The number of rotatable bonds is 0. The summed E-state index contributed by atoms with van der Waals surface area (Å²) in [5, 5.41) is 0.986. The van der Waals surface area contributed by atoms with Crippen LogP contribution in [0.3, 0.4) is 0 Å². The lowest BCUT2D eigenvalue weighted by Gasteiger charge is -2.15. The first kappa shape index (κ1) is 6.67. The lowest BCUT2D eigenvalue weighted by atomic mass is 10.5. The van der Waals surface area contributed by atoms with E-state index in [1.807, 2.05) is 0 Å². The highest BCUT2D eigenvalue weighted by Crippen LogP contribution is 2.01. The maximum absolute atomic E-state index is 10.7. The Labute approximate surface area is 58.3 Å². The second kappa shape index (κ2) is 2.91. The fourth-order valence-corrected chi connectivity index (χ4v) is 0.503. The molecule has 10 heavy (non-hydrogen) atoms. The van der Waals surface area contributed by atoms with Crippen molar-refractivity contribution < 1.29 is 14.4 Å². The van der Waals surface area contributed by atoms with Crippen molar-refractivity contribution in [2.75, 3.05) is 7.11 Å². The molecule has 0 atom stereocenters. The number of ether oxygens (including phenoxy) is 1. The minimum atomic E-state index is -0.541. The Morgan fingerprint density at radius 2 is 2.40 bits per heavy atom. The summed E-state index contributed by atoms with van der Waals surface area (Å²) < 4.78 is 4.37. The maximum atomic E-state index is 10.7. The normalized spacial score (nSPS) is 14.7. The Bertz CT molecular complexity index is 185. The van der Waals surface area contributed by atoms with Crippen LogP contribution in [0.15, 0.2) is 24.6 Å². The van der Waals surface area contributed by atoms with Gasteiger partial charge in [-0.05, 0) is 12.2 Å². The quantitative estimate of drug-likeness (QED) is 0.505. The average Bonchev–Trinajstić information content (AvgIpc) is 2.05. The van der Waals surface area contributed by atoms with Crippen molar-refractivity contribution in [2.24, 2.45) is 0 Å². The molecule has 0 unspecified atom stereocenters. The minimum absolute atomic E-state index is 0.541. The summed E-state index contributed by atoms with van der Waals surface area (Å²) in [4.78, 5) is 15.4. The zero-order valence-corrected chi connectivity index (χ0v) is 5.48. The Hall–Kier alpha value is -1.45. The van der Waals surface area contributed by atoms with Crippen molar-refractivity contribution in [1.29, 1.82) is 0 Å². The number of methoxy groups -OCH3 is 1. The van der Waals surface area contributed by atoms with Gasteiger partial charge in [-0.15, -0.1) is 5.06 Å². The molecule has 54 valence electrons. The maximum Gasteiger partial charge on any atom is 0.447 e.